The number of hydrogen-bond donors (Lipinski definition) is 0. The average Bonchev–Trinajstić information content (AvgIpc) is 3.12. The lowest BCUT2D eigenvalue weighted by atomic mass is 10.0. The SMILES string of the molecule is CCCCCCCCCCCCCC(=O)O[C@H](COC(=O)CCCCCCCCCCCC)COC(=O)CCCCCCCCCCCCC(C)C. The average molecular weight is 737 g/mol. The molecule has 0 saturated carbocycles. The number of unbranched alkanes of at least 4 members (excludes halogenated alkanes) is 28. The molecule has 0 radical (unpaired) electrons. The summed E-state index contributed by atoms with van der Waals surface area (Å²) in [5.74, 6) is -0.0371. The van der Waals surface area contributed by atoms with Crippen LogP contribution in [0.15, 0.2) is 0 Å². The molecule has 0 unspecified atom stereocenters. The summed E-state index contributed by atoms with van der Waals surface area (Å²) < 4.78 is 16.7. The van der Waals surface area contributed by atoms with Crippen LogP contribution in [0.1, 0.15) is 252 Å². The summed E-state index contributed by atoms with van der Waals surface area (Å²) >= 11 is 0. The second-order valence-electron chi connectivity index (χ2n) is 16.2. The van der Waals surface area contributed by atoms with Crippen LogP contribution in [0.3, 0.4) is 0 Å². The van der Waals surface area contributed by atoms with Crippen molar-refractivity contribution in [2.75, 3.05) is 13.2 Å². The maximum Gasteiger partial charge on any atom is 0.306 e. The van der Waals surface area contributed by atoms with E-state index in [1.807, 2.05) is 0 Å². The third-order valence-electron chi connectivity index (χ3n) is 10.3. The van der Waals surface area contributed by atoms with Gasteiger partial charge in [0, 0.05) is 19.3 Å². The highest BCUT2D eigenvalue weighted by Crippen LogP contribution is 2.16. The second kappa shape index (κ2) is 40.6. The number of carbonyl (C=O) groups is 3. The maximum atomic E-state index is 12.7. The molecule has 0 aromatic rings. The fourth-order valence-electron chi connectivity index (χ4n) is 6.80. The Morgan fingerprint density at radius 2 is 0.635 bits per heavy atom. The summed E-state index contributed by atoms with van der Waals surface area (Å²) in [5, 5.41) is 0. The highest BCUT2D eigenvalue weighted by atomic mass is 16.6. The Kier molecular flexibility index (Phi) is 39.4. The van der Waals surface area contributed by atoms with E-state index in [0.717, 1.165) is 63.7 Å². The zero-order valence-corrected chi connectivity index (χ0v) is 35.3. The lowest BCUT2D eigenvalue weighted by Crippen LogP contribution is -2.30. The lowest BCUT2D eigenvalue weighted by Gasteiger charge is -2.18. The first kappa shape index (κ1) is 50.4. The number of carbonyl (C=O) groups excluding carboxylic acids is 3. The van der Waals surface area contributed by atoms with Crippen molar-refractivity contribution < 1.29 is 28.6 Å². The van der Waals surface area contributed by atoms with Gasteiger partial charge in [0.2, 0.25) is 0 Å². The largest absolute Gasteiger partial charge is 0.462 e. The minimum atomic E-state index is -0.758. The minimum absolute atomic E-state index is 0.0639. The maximum absolute atomic E-state index is 12.7. The Morgan fingerprint density at radius 3 is 0.942 bits per heavy atom. The van der Waals surface area contributed by atoms with Gasteiger partial charge in [0.05, 0.1) is 0 Å². The van der Waals surface area contributed by atoms with Crippen molar-refractivity contribution in [1.29, 1.82) is 0 Å². The van der Waals surface area contributed by atoms with Crippen molar-refractivity contribution in [3.8, 4) is 0 Å². The predicted molar refractivity (Wildman–Crippen MR) is 220 cm³/mol. The summed E-state index contributed by atoms with van der Waals surface area (Å²) in [7, 11) is 0. The number of esters is 3. The van der Waals surface area contributed by atoms with Gasteiger partial charge < -0.3 is 14.2 Å². The smallest absolute Gasteiger partial charge is 0.306 e. The normalized spacial score (nSPS) is 11.9. The first-order valence-corrected chi connectivity index (χ1v) is 22.9. The van der Waals surface area contributed by atoms with Crippen LogP contribution >= 0.6 is 0 Å². The van der Waals surface area contributed by atoms with Crippen molar-refractivity contribution in [3.05, 3.63) is 0 Å². The first-order chi connectivity index (χ1) is 25.4. The Bertz CT molecular complexity index is 781. The Morgan fingerprint density at radius 1 is 0.365 bits per heavy atom. The third kappa shape index (κ3) is 39.6. The van der Waals surface area contributed by atoms with E-state index < -0.39 is 6.10 Å². The van der Waals surface area contributed by atoms with Crippen molar-refractivity contribution in [2.45, 2.75) is 259 Å². The molecule has 0 bridgehead atoms. The van der Waals surface area contributed by atoms with E-state index in [-0.39, 0.29) is 31.1 Å². The zero-order chi connectivity index (χ0) is 38.2. The van der Waals surface area contributed by atoms with Crippen LogP contribution in [0.25, 0.3) is 0 Å². The Balaban J connectivity index is 4.32. The molecule has 0 aromatic carbocycles. The molecule has 0 N–H and O–H groups in total. The van der Waals surface area contributed by atoms with Crippen LogP contribution in [0.5, 0.6) is 0 Å². The van der Waals surface area contributed by atoms with Gasteiger partial charge in [0.25, 0.3) is 0 Å². The quantitative estimate of drug-likeness (QED) is 0.0353. The van der Waals surface area contributed by atoms with Gasteiger partial charge in [-0.05, 0) is 25.2 Å². The van der Waals surface area contributed by atoms with Crippen LogP contribution in [0.4, 0.5) is 0 Å². The van der Waals surface area contributed by atoms with Crippen molar-refractivity contribution in [1.82, 2.24) is 0 Å². The molecule has 1 atom stereocenters. The van der Waals surface area contributed by atoms with Crippen molar-refractivity contribution in [3.63, 3.8) is 0 Å². The lowest BCUT2D eigenvalue weighted by molar-refractivity contribution is -0.167. The summed E-state index contributed by atoms with van der Waals surface area (Å²) in [5.41, 5.74) is 0. The molecule has 0 amide bonds. The molecule has 6 heteroatoms. The van der Waals surface area contributed by atoms with E-state index in [0.29, 0.717) is 19.3 Å². The molecule has 0 rings (SSSR count). The molecule has 0 heterocycles. The van der Waals surface area contributed by atoms with Gasteiger partial charge in [-0.15, -0.1) is 0 Å². The highest BCUT2D eigenvalue weighted by Gasteiger charge is 2.19. The molecule has 0 aliphatic heterocycles. The molecular formula is C46H88O6. The summed E-state index contributed by atoms with van der Waals surface area (Å²) in [6, 6.07) is 0. The van der Waals surface area contributed by atoms with Gasteiger partial charge in [-0.3, -0.25) is 14.4 Å². The van der Waals surface area contributed by atoms with E-state index in [1.165, 1.54) is 148 Å². The Labute approximate surface area is 323 Å². The highest BCUT2D eigenvalue weighted by molar-refractivity contribution is 5.71. The van der Waals surface area contributed by atoms with E-state index in [1.54, 1.807) is 0 Å². The fraction of sp³-hybridized carbons (Fsp3) is 0.935. The van der Waals surface area contributed by atoms with Gasteiger partial charge in [-0.2, -0.15) is 0 Å². The molecular weight excluding hydrogens is 648 g/mol. The van der Waals surface area contributed by atoms with Gasteiger partial charge in [0.1, 0.15) is 13.2 Å². The second-order valence-corrected chi connectivity index (χ2v) is 16.2. The van der Waals surface area contributed by atoms with Crippen molar-refractivity contribution >= 4 is 17.9 Å². The number of ether oxygens (including phenoxy) is 3. The van der Waals surface area contributed by atoms with Crippen LogP contribution in [0.2, 0.25) is 0 Å². The monoisotopic (exact) mass is 737 g/mol. The summed E-state index contributed by atoms with van der Waals surface area (Å²) in [4.78, 5) is 37.7. The molecule has 0 saturated heterocycles. The fourth-order valence-corrected chi connectivity index (χ4v) is 6.80. The van der Waals surface area contributed by atoms with Gasteiger partial charge in [0.15, 0.2) is 6.10 Å². The molecule has 308 valence electrons. The molecule has 52 heavy (non-hydrogen) atoms. The van der Waals surface area contributed by atoms with Crippen molar-refractivity contribution in [2.24, 2.45) is 5.92 Å². The molecule has 0 aliphatic carbocycles. The van der Waals surface area contributed by atoms with Crippen LogP contribution < -0.4 is 0 Å². The molecule has 0 aliphatic rings. The zero-order valence-electron chi connectivity index (χ0n) is 35.3. The van der Waals surface area contributed by atoms with Gasteiger partial charge >= 0.3 is 17.9 Å². The minimum Gasteiger partial charge on any atom is -0.462 e. The van der Waals surface area contributed by atoms with Crippen LogP contribution in [0, 0.1) is 5.92 Å². The third-order valence-corrected chi connectivity index (χ3v) is 10.3. The number of rotatable bonds is 41. The van der Waals surface area contributed by atoms with E-state index in [4.69, 9.17) is 14.2 Å². The van der Waals surface area contributed by atoms with Gasteiger partial charge in [-0.25, -0.2) is 0 Å². The summed E-state index contributed by atoms with van der Waals surface area (Å²) in [6.07, 6.45) is 39.4. The molecule has 0 fully saturated rings. The van der Waals surface area contributed by atoms with Crippen LogP contribution in [-0.4, -0.2) is 37.2 Å². The van der Waals surface area contributed by atoms with E-state index in [2.05, 4.69) is 27.7 Å². The molecule has 0 aromatic heterocycles. The topological polar surface area (TPSA) is 78.9 Å². The Hall–Kier alpha value is -1.59. The first-order valence-electron chi connectivity index (χ1n) is 22.9. The number of hydrogen-bond acceptors (Lipinski definition) is 6. The standard InChI is InChI=1S/C46H88O6/c1-5-7-9-11-13-15-17-23-27-31-35-39-46(49)52-43(40-50-44(47)37-33-29-25-21-16-14-12-10-8-6-2)41-51-45(48)38-34-30-26-22-19-18-20-24-28-32-36-42(3)4/h42-43H,5-41H2,1-4H3/t43-/m1/s1. The van der Waals surface area contributed by atoms with E-state index in [9.17, 15) is 14.4 Å². The van der Waals surface area contributed by atoms with Gasteiger partial charge in [-0.1, -0.05) is 214 Å². The predicted octanol–water partition coefficient (Wildman–Crippen LogP) is 14.3. The molecule has 6 nitrogen and oxygen atoms in total. The van der Waals surface area contributed by atoms with E-state index >= 15 is 0 Å². The van der Waals surface area contributed by atoms with Crippen LogP contribution in [-0.2, 0) is 28.6 Å². The summed E-state index contributed by atoms with van der Waals surface area (Å²) in [6.45, 7) is 8.97. The molecule has 0 spiro atoms.